The van der Waals surface area contributed by atoms with Gasteiger partial charge in [0.25, 0.3) is 5.91 Å². The van der Waals surface area contributed by atoms with E-state index in [2.05, 4.69) is 5.32 Å². The van der Waals surface area contributed by atoms with Crippen LogP contribution in [0.1, 0.15) is 18.1 Å². The first-order valence-electron chi connectivity index (χ1n) is 7.05. The molecule has 110 valence electrons. The molecule has 0 spiro atoms. The van der Waals surface area contributed by atoms with E-state index >= 15 is 0 Å². The maximum atomic E-state index is 12.0. The summed E-state index contributed by atoms with van der Waals surface area (Å²) in [4.78, 5) is 12.0. The van der Waals surface area contributed by atoms with Gasteiger partial charge in [-0.25, -0.2) is 0 Å². The van der Waals surface area contributed by atoms with Gasteiger partial charge in [-0.3, -0.25) is 4.79 Å². The SMILES string of the molecule is C[C@H]([NH2+]Cc1ccccc1Cl)C(=O)NCc1ccccc1. The molecule has 1 amide bonds. The highest BCUT2D eigenvalue weighted by atomic mass is 35.5. The molecule has 2 aromatic rings. The lowest BCUT2D eigenvalue weighted by Gasteiger charge is -2.12. The van der Waals surface area contributed by atoms with E-state index in [-0.39, 0.29) is 11.9 Å². The van der Waals surface area contributed by atoms with Crippen LogP contribution in [0.25, 0.3) is 0 Å². The number of quaternary nitrogens is 1. The summed E-state index contributed by atoms with van der Waals surface area (Å²) in [6.45, 7) is 3.15. The molecule has 0 saturated heterocycles. The van der Waals surface area contributed by atoms with Crippen molar-refractivity contribution in [2.24, 2.45) is 0 Å². The van der Waals surface area contributed by atoms with Crippen LogP contribution in [0.2, 0.25) is 5.02 Å². The van der Waals surface area contributed by atoms with E-state index in [0.717, 1.165) is 16.1 Å². The summed E-state index contributed by atoms with van der Waals surface area (Å²) in [5.41, 5.74) is 2.14. The fraction of sp³-hybridized carbons (Fsp3) is 0.235. The van der Waals surface area contributed by atoms with Crippen LogP contribution in [-0.2, 0) is 17.9 Å². The van der Waals surface area contributed by atoms with Gasteiger partial charge in [0.1, 0.15) is 6.54 Å². The van der Waals surface area contributed by atoms with Crippen LogP contribution in [0.15, 0.2) is 54.6 Å². The minimum Gasteiger partial charge on any atom is -0.347 e. The van der Waals surface area contributed by atoms with Crippen molar-refractivity contribution in [1.29, 1.82) is 0 Å². The minimum absolute atomic E-state index is 0.0332. The molecule has 0 saturated carbocycles. The second-order valence-electron chi connectivity index (χ2n) is 5.02. The molecule has 0 aliphatic heterocycles. The van der Waals surface area contributed by atoms with Crippen LogP contribution in [0.5, 0.6) is 0 Å². The average molecular weight is 304 g/mol. The average Bonchev–Trinajstić information content (AvgIpc) is 2.52. The van der Waals surface area contributed by atoms with E-state index < -0.39 is 0 Å². The molecule has 3 N–H and O–H groups in total. The number of benzene rings is 2. The third-order valence-electron chi connectivity index (χ3n) is 3.37. The standard InChI is InChI=1S/C17H19ClN2O/c1-13(19-12-15-9-5-6-10-16(15)18)17(21)20-11-14-7-3-2-4-8-14/h2-10,13,19H,11-12H2,1H3,(H,20,21)/p+1/t13-/m0/s1. The molecule has 0 bridgehead atoms. The van der Waals surface area contributed by atoms with Crippen LogP contribution < -0.4 is 10.6 Å². The fourth-order valence-electron chi connectivity index (χ4n) is 2.02. The summed E-state index contributed by atoms with van der Waals surface area (Å²) in [5.74, 6) is 0.0332. The third kappa shape index (κ3) is 4.88. The second kappa shape index (κ2) is 7.81. The van der Waals surface area contributed by atoms with Gasteiger partial charge in [0.05, 0.1) is 0 Å². The molecule has 0 radical (unpaired) electrons. The Kier molecular flexibility index (Phi) is 5.78. The summed E-state index contributed by atoms with van der Waals surface area (Å²) in [7, 11) is 0. The quantitative estimate of drug-likeness (QED) is 0.843. The fourth-order valence-corrected chi connectivity index (χ4v) is 2.23. The van der Waals surface area contributed by atoms with Crippen molar-refractivity contribution in [1.82, 2.24) is 5.32 Å². The summed E-state index contributed by atoms with van der Waals surface area (Å²) < 4.78 is 0. The monoisotopic (exact) mass is 303 g/mol. The highest BCUT2D eigenvalue weighted by Crippen LogP contribution is 2.13. The van der Waals surface area contributed by atoms with Crippen LogP contribution in [0.3, 0.4) is 0 Å². The predicted molar refractivity (Wildman–Crippen MR) is 84.8 cm³/mol. The predicted octanol–water partition coefficient (Wildman–Crippen LogP) is 2.11. The van der Waals surface area contributed by atoms with Gasteiger partial charge < -0.3 is 10.6 Å². The van der Waals surface area contributed by atoms with E-state index in [1.54, 1.807) is 0 Å². The number of carbonyl (C=O) groups excluding carboxylic acids is 1. The number of nitrogens with one attached hydrogen (secondary N) is 1. The lowest BCUT2D eigenvalue weighted by molar-refractivity contribution is -0.689. The first-order chi connectivity index (χ1) is 10.2. The normalized spacial score (nSPS) is 11.9. The molecule has 0 fully saturated rings. The molecule has 3 nitrogen and oxygen atoms in total. The maximum absolute atomic E-state index is 12.0. The summed E-state index contributed by atoms with van der Waals surface area (Å²) in [5, 5.41) is 5.68. The van der Waals surface area contributed by atoms with Gasteiger partial charge in [-0.1, -0.05) is 60.1 Å². The van der Waals surface area contributed by atoms with E-state index in [0.29, 0.717) is 13.1 Å². The van der Waals surface area contributed by atoms with E-state index in [1.807, 2.05) is 66.8 Å². The minimum atomic E-state index is -0.148. The van der Waals surface area contributed by atoms with Crippen molar-refractivity contribution in [3.63, 3.8) is 0 Å². The molecular formula is C17H20ClN2O+. The van der Waals surface area contributed by atoms with Crippen molar-refractivity contribution in [2.45, 2.75) is 26.1 Å². The van der Waals surface area contributed by atoms with Gasteiger partial charge in [-0.05, 0) is 18.6 Å². The number of halogens is 1. The Morgan fingerprint density at radius 1 is 1.14 bits per heavy atom. The van der Waals surface area contributed by atoms with Gasteiger partial charge >= 0.3 is 0 Å². The van der Waals surface area contributed by atoms with E-state index in [9.17, 15) is 4.79 Å². The number of nitrogens with two attached hydrogens (primary N) is 1. The lowest BCUT2D eigenvalue weighted by Crippen LogP contribution is -2.90. The smallest absolute Gasteiger partial charge is 0.278 e. The molecule has 2 rings (SSSR count). The van der Waals surface area contributed by atoms with Crippen LogP contribution in [0.4, 0.5) is 0 Å². The van der Waals surface area contributed by atoms with Gasteiger partial charge in [-0.2, -0.15) is 0 Å². The molecule has 0 heterocycles. The number of hydrogen-bond donors (Lipinski definition) is 2. The summed E-state index contributed by atoms with van der Waals surface area (Å²) in [6.07, 6.45) is 0. The molecule has 2 aromatic carbocycles. The maximum Gasteiger partial charge on any atom is 0.278 e. The molecule has 0 aliphatic carbocycles. The molecule has 0 unspecified atom stereocenters. The molecule has 0 aromatic heterocycles. The summed E-state index contributed by atoms with van der Waals surface area (Å²) in [6, 6.07) is 17.4. The Balaban J connectivity index is 1.79. The molecular weight excluding hydrogens is 284 g/mol. The third-order valence-corrected chi connectivity index (χ3v) is 3.74. The second-order valence-corrected chi connectivity index (χ2v) is 5.43. The highest BCUT2D eigenvalue weighted by molar-refractivity contribution is 6.31. The Hall–Kier alpha value is -1.84. The van der Waals surface area contributed by atoms with E-state index in [1.165, 1.54) is 0 Å². The zero-order valence-corrected chi connectivity index (χ0v) is 12.8. The molecule has 1 atom stereocenters. The van der Waals surface area contributed by atoms with Gasteiger partial charge in [0, 0.05) is 17.1 Å². The number of hydrogen-bond acceptors (Lipinski definition) is 1. The van der Waals surface area contributed by atoms with Crippen molar-refractivity contribution < 1.29 is 10.1 Å². The van der Waals surface area contributed by atoms with Gasteiger partial charge in [0.15, 0.2) is 6.04 Å². The largest absolute Gasteiger partial charge is 0.347 e. The number of rotatable bonds is 6. The van der Waals surface area contributed by atoms with Crippen molar-refractivity contribution >= 4 is 17.5 Å². The van der Waals surface area contributed by atoms with Crippen molar-refractivity contribution in [3.05, 3.63) is 70.7 Å². The van der Waals surface area contributed by atoms with Gasteiger partial charge in [0.2, 0.25) is 0 Å². The number of carbonyl (C=O) groups is 1. The zero-order chi connectivity index (χ0) is 15.1. The van der Waals surface area contributed by atoms with Crippen LogP contribution in [0, 0.1) is 0 Å². The van der Waals surface area contributed by atoms with Crippen LogP contribution >= 0.6 is 11.6 Å². The zero-order valence-electron chi connectivity index (χ0n) is 12.1. The Morgan fingerprint density at radius 3 is 2.52 bits per heavy atom. The Morgan fingerprint density at radius 2 is 1.81 bits per heavy atom. The van der Waals surface area contributed by atoms with Crippen molar-refractivity contribution in [2.75, 3.05) is 0 Å². The summed E-state index contributed by atoms with van der Waals surface area (Å²) >= 11 is 6.11. The first-order valence-corrected chi connectivity index (χ1v) is 7.43. The Bertz CT molecular complexity index is 586. The molecule has 0 aliphatic rings. The highest BCUT2D eigenvalue weighted by Gasteiger charge is 2.15. The topological polar surface area (TPSA) is 45.7 Å². The van der Waals surface area contributed by atoms with Crippen molar-refractivity contribution in [3.8, 4) is 0 Å². The van der Waals surface area contributed by atoms with E-state index in [4.69, 9.17) is 11.6 Å². The van der Waals surface area contributed by atoms with Crippen LogP contribution in [-0.4, -0.2) is 11.9 Å². The van der Waals surface area contributed by atoms with Gasteiger partial charge in [-0.15, -0.1) is 0 Å². The first kappa shape index (κ1) is 15.5. The number of amides is 1. The molecule has 4 heteroatoms. The lowest BCUT2D eigenvalue weighted by atomic mass is 10.2. The Labute approximate surface area is 130 Å². The molecule has 21 heavy (non-hydrogen) atoms.